The number of hydrogen-bond acceptors (Lipinski definition) is 4. The summed E-state index contributed by atoms with van der Waals surface area (Å²) in [5, 5.41) is 0.613. The first-order valence-corrected chi connectivity index (χ1v) is 8.49. The van der Waals surface area contributed by atoms with Gasteiger partial charge in [-0.05, 0) is 70.0 Å². The molecule has 2 aromatic carbocycles. The second-order valence-electron chi connectivity index (χ2n) is 5.29. The van der Waals surface area contributed by atoms with Gasteiger partial charge in [0.1, 0.15) is 11.5 Å². The van der Waals surface area contributed by atoms with Gasteiger partial charge in [0, 0.05) is 17.5 Å². The Morgan fingerprint density at radius 1 is 1.20 bits per heavy atom. The third kappa shape index (κ3) is 4.18. The molecule has 4 nitrogen and oxygen atoms in total. The molecule has 3 rings (SSSR count). The van der Waals surface area contributed by atoms with Gasteiger partial charge in [-0.15, -0.1) is 0 Å². The Morgan fingerprint density at radius 3 is 2.56 bits per heavy atom. The molecule has 126 valence electrons. The minimum absolute atomic E-state index is 0.401. The van der Waals surface area contributed by atoms with E-state index in [0.29, 0.717) is 26.6 Å². The van der Waals surface area contributed by atoms with Gasteiger partial charge < -0.3 is 9.47 Å². The Balaban J connectivity index is 1.88. The van der Waals surface area contributed by atoms with Crippen LogP contribution >= 0.6 is 27.5 Å². The number of cyclic esters (lactones) is 1. The summed E-state index contributed by atoms with van der Waals surface area (Å²) < 4.78 is 11.0. The Hall–Kier alpha value is -2.37. The maximum Gasteiger partial charge on any atom is 0.343 e. The molecule has 0 aromatic heterocycles. The fraction of sp³-hybridized carbons (Fsp3) is 0.0526. The number of hydrogen-bond donors (Lipinski definition) is 0. The van der Waals surface area contributed by atoms with Crippen molar-refractivity contribution in [2.75, 3.05) is 0 Å². The third-order valence-electron chi connectivity index (χ3n) is 3.39. The lowest BCUT2D eigenvalue weighted by molar-refractivity contribution is -0.132. The molecule has 0 saturated carbocycles. The molecule has 2 aromatic rings. The second-order valence-corrected chi connectivity index (χ2v) is 6.58. The van der Waals surface area contributed by atoms with Crippen molar-refractivity contribution in [2.45, 2.75) is 6.92 Å². The number of benzene rings is 2. The largest absolute Gasteiger partial charge is 0.426 e. The molecule has 1 aliphatic rings. The van der Waals surface area contributed by atoms with Crippen LogP contribution in [0.4, 0.5) is 0 Å². The molecule has 0 radical (unpaired) electrons. The van der Waals surface area contributed by atoms with Crippen molar-refractivity contribution < 1.29 is 19.1 Å². The van der Waals surface area contributed by atoms with Crippen LogP contribution < -0.4 is 4.74 Å². The Bertz CT molecular complexity index is 914. The third-order valence-corrected chi connectivity index (χ3v) is 4.26. The smallest absolute Gasteiger partial charge is 0.343 e. The maximum atomic E-state index is 12.1. The number of rotatable bonds is 3. The first-order valence-electron chi connectivity index (χ1n) is 7.32. The Labute approximate surface area is 157 Å². The number of esters is 2. The summed E-state index contributed by atoms with van der Waals surface area (Å²) in [7, 11) is 0. The molecule has 0 bridgehead atoms. The highest BCUT2D eigenvalue weighted by atomic mass is 79.9. The molecule has 0 aliphatic carbocycles. The van der Waals surface area contributed by atoms with Gasteiger partial charge in [0.05, 0.1) is 10.0 Å². The molecule has 0 N–H and O–H groups in total. The van der Waals surface area contributed by atoms with E-state index in [1.807, 2.05) is 0 Å². The molecule has 0 unspecified atom stereocenters. The van der Waals surface area contributed by atoms with Gasteiger partial charge in [0.25, 0.3) is 0 Å². The molecule has 0 fully saturated rings. The van der Waals surface area contributed by atoms with Gasteiger partial charge in [-0.25, -0.2) is 4.79 Å². The van der Waals surface area contributed by atoms with Gasteiger partial charge >= 0.3 is 11.9 Å². The lowest BCUT2D eigenvalue weighted by atomic mass is 10.1. The van der Waals surface area contributed by atoms with Crippen molar-refractivity contribution in [3.63, 3.8) is 0 Å². The van der Waals surface area contributed by atoms with E-state index in [-0.39, 0.29) is 0 Å². The van der Waals surface area contributed by atoms with Gasteiger partial charge in [-0.2, -0.15) is 0 Å². The zero-order valence-corrected chi connectivity index (χ0v) is 15.4. The predicted octanol–water partition coefficient (Wildman–Crippen LogP) is 5.01. The average Bonchev–Trinajstić information content (AvgIpc) is 2.91. The molecular weight excluding hydrogens is 408 g/mol. The van der Waals surface area contributed by atoms with Crippen LogP contribution in [0.1, 0.15) is 18.1 Å². The summed E-state index contributed by atoms with van der Waals surface area (Å²) in [6.45, 7) is 1.33. The Morgan fingerprint density at radius 2 is 1.92 bits per heavy atom. The molecule has 0 atom stereocenters. The number of ether oxygens (including phenoxy) is 2. The predicted molar refractivity (Wildman–Crippen MR) is 98.9 cm³/mol. The standard InChI is InChI=1S/C19H12BrClO4/c1-11(22)24-17-7-2-12(9-16(17)20)8-14-10-18(25-19(14)23)13-3-5-15(21)6-4-13/h2-10H,1H3/b14-8-. The van der Waals surface area contributed by atoms with E-state index in [4.69, 9.17) is 21.1 Å². The first-order chi connectivity index (χ1) is 11.9. The van der Waals surface area contributed by atoms with Crippen LogP contribution in [0.2, 0.25) is 5.02 Å². The van der Waals surface area contributed by atoms with Crippen molar-refractivity contribution in [3.05, 3.63) is 74.7 Å². The van der Waals surface area contributed by atoms with E-state index >= 15 is 0 Å². The van der Waals surface area contributed by atoms with Crippen LogP contribution in [0.25, 0.3) is 11.8 Å². The van der Waals surface area contributed by atoms with Crippen LogP contribution in [-0.4, -0.2) is 11.9 Å². The van der Waals surface area contributed by atoms with Crippen molar-refractivity contribution >= 4 is 51.3 Å². The maximum absolute atomic E-state index is 12.1. The van der Waals surface area contributed by atoms with Crippen molar-refractivity contribution in [3.8, 4) is 5.75 Å². The summed E-state index contributed by atoms with van der Waals surface area (Å²) in [4.78, 5) is 23.1. The van der Waals surface area contributed by atoms with E-state index < -0.39 is 11.9 Å². The topological polar surface area (TPSA) is 52.6 Å². The van der Waals surface area contributed by atoms with E-state index in [1.165, 1.54) is 6.92 Å². The van der Waals surface area contributed by atoms with E-state index in [1.54, 1.807) is 54.6 Å². The van der Waals surface area contributed by atoms with Gasteiger partial charge in [-0.3, -0.25) is 4.79 Å². The highest BCUT2D eigenvalue weighted by Gasteiger charge is 2.22. The molecule has 0 amide bonds. The zero-order chi connectivity index (χ0) is 18.0. The lowest BCUT2D eigenvalue weighted by Crippen LogP contribution is -2.02. The molecule has 0 spiro atoms. The van der Waals surface area contributed by atoms with Crippen LogP contribution in [0.15, 0.2) is 58.6 Å². The fourth-order valence-electron chi connectivity index (χ4n) is 2.27. The minimum Gasteiger partial charge on any atom is -0.426 e. The fourth-order valence-corrected chi connectivity index (χ4v) is 2.87. The zero-order valence-electron chi connectivity index (χ0n) is 13.1. The molecule has 1 aliphatic heterocycles. The van der Waals surface area contributed by atoms with E-state index in [9.17, 15) is 9.59 Å². The van der Waals surface area contributed by atoms with Gasteiger partial charge in [0.2, 0.25) is 0 Å². The van der Waals surface area contributed by atoms with Crippen molar-refractivity contribution in [2.24, 2.45) is 0 Å². The van der Waals surface area contributed by atoms with E-state index in [0.717, 1.165) is 11.1 Å². The summed E-state index contributed by atoms with van der Waals surface area (Å²) >= 11 is 9.21. The lowest BCUT2D eigenvalue weighted by Gasteiger charge is -2.04. The monoisotopic (exact) mass is 418 g/mol. The van der Waals surface area contributed by atoms with Crippen LogP contribution in [0.5, 0.6) is 5.75 Å². The van der Waals surface area contributed by atoms with Crippen LogP contribution in [0.3, 0.4) is 0 Å². The summed E-state index contributed by atoms with van der Waals surface area (Å²) in [6, 6.07) is 12.2. The second kappa shape index (κ2) is 7.25. The summed E-state index contributed by atoms with van der Waals surface area (Å²) in [5.41, 5.74) is 1.97. The molecular formula is C19H12BrClO4. The highest BCUT2D eigenvalue weighted by Crippen LogP contribution is 2.30. The molecule has 0 saturated heterocycles. The quantitative estimate of drug-likeness (QED) is 0.399. The highest BCUT2D eigenvalue weighted by molar-refractivity contribution is 9.10. The molecule has 6 heteroatoms. The van der Waals surface area contributed by atoms with Crippen molar-refractivity contribution in [1.29, 1.82) is 0 Å². The summed E-state index contributed by atoms with van der Waals surface area (Å²) in [6.07, 6.45) is 3.38. The minimum atomic E-state index is -0.426. The van der Waals surface area contributed by atoms with Crippen LogP contribution in [-0.2, 0) is 14.3 Å². The van der Waals surface area contributed by atoms with E-state index in [2.05, 4.69) is 15.9 Å². The number of carbonyl (C=O) groups is 2. The van der Waals surface area contributed by atoms with Crippen molar-refractivity contribution in [1.82, 2.24) is 0 Å². The average molecular weight is 420 g/mol. The number of halogens is 2. The Kier molecular flexibility index (Phi) is 5.06. The number of carbonyl (C=O) groups excluding carboxylic acids is 2. The molecule has 25 heavy (non-hydrogen) atoms. The SMILES string of the molecule is CC(=O)Oc1ccc(/C=C2/C=C(c3ccc(Cl)cc3)OC2=O)cc1Br. The van der Waals surface area contributed by atoms with Gasteiger partial charge in [-0.1, -0.05) is 17.7 Å². The normalized spacial score (nSPS) is 15.1. The summed E-state index contributed by atoms with van der Waals surface area (Å²) in [5.74, 6) is 0.0661. The van der Waals surface area contributed by atoms with Crippen LogP contribution in [0, 0.1) is 0 Å². The van der Waals surface area contributed by atoms with Gasteiger partial charge in [0.15, 0.2) is 0 Å². The molecule has 1 heterocycles. The first kappa shape index (κ1) is 17.5.